The van der Waals surface area contributed by atoms with Crippen molar-refractivity contribution in [3.63, 3.8) is 0 Å². The predicted molar refractivity (Wildman–Crippen MR) is 491 cm³/mol. The van der Waals surface area contributed by atoms with Crippen LogP contribution in [0.4, 0.5) is 0 Å². The fourth-order valence-corrected chi connectivity index (χ4v) is 10.8. The molecule has 3 fully saturated rings. The van der Waals surface area contributed by atoms with Crippen LogP contribution in [0, 0.1) is 38.5 Å². The van der Waals surface area contributed by atoms with E-state index in [2.05, 4.69) is 35.2 Å². The number of esters is 2. The number of imide groups is 5. The van der Waals surface area contributed by atoms with Gasteiger partial charge in [0, 0.05) is 127 Å². The first kappa shape index (κ1) is 153. The van der Waals surface area contributed by atoms with Crippen LogP contribution in [0.5, 0.6) is 0 Å². The molecule has 55 heteroatoms. The standard InChI is InChI=1S/C16H22N2O5.2C10H11NO6.2C10H13NO4.3C7H13N.2C2H2O4.3CH4O.4ClH.2H2N.4Pt/c1-12(6-9-16(22)23)17-11-13(19)5-3-2-4-10-18-14(20)7-8-15(18)21;2*12-7-1-2-8(13)11(7)5-6-17-10(16)4-3-9(14)15;2*12-8-5-6-9(13)11(8)7-3-1-2-4-10(14)15;3*1-6-4-2-3-5-7(6)8;2*3-1(4)2(5)6;3*1-2;;;;;;;;;;/h7-8H,2-6,9-11H2,1H3,(H,22,23);2*1-2H,3-6H2,(H,14,15);2*5-6H,1-4,7H2,(H,14,15);3*6-8H,1-5H2;2*(H,3,4)(H,5,6);3*2H,1H3;4*1H;2*1H2;;;;/q;;;;;3*-2;;;;;;;;;;2*-1;2*+2;2*+4/p-4/t;;;;;3*6-,7-;;;;;;;;;;;;;;;/m.....111.............../s1. The molecule has 0 aromatic heterocycles. The number of aliphatic carboxylic acids is 9. The number of unbranched alkanes of at least 4 members (excludes halogenated alkanes) is 6. The molecule has 0 aromatic rings. The van der Waals surface area contributed by atoms with Crippen LogP contribution in [-0.4, -0.2) is 314 Å². The number of carbonyl (C=O) groups is 22. The number of carboxylic acid groups (broad SMARTS) is 9. The van der Waals surface area contributed by atoms with Crippen molar-refractivity contribution in [2.24, 2.45) is 22.7 Å². The van der Waals surface area contributed by atoms with Gasteiger partial charge in [-0.05, 0) is 51.9 Å². The Kier molecular flexibility index (Phi) is 110. The van der Waals surface area contributed by atoms with E-state index in [1.54, 1.807) is 6.92 Å². The van der Waals surface area contributed by atoms with E-state index in [9.17, 15) is 86.3 Å². The van der Waals surface area contributed by atoms with Crippen LogP contribution < -0.4 is 0 Å². The first-order valence-electron chi connectivity index (χ1n) is 41.3. The summed E-state index contributed by atoms with van der Waals surface area (Å²) in [5, 5.41) is 92.5. The van der Waals surface area contributed by atoms with Gasteiger partial charge in [0.25, 0.3) is 59.1 Å². The molecule has 19 N–H and O–H groups in total. The summed E-state index contributed by atoms with van der Waals surface area (Å²) in [5.74, 6) is -15.5. The van der Waals surface area contributed by atoms with Crippen LogP contribution >= 0.6 is 37.7 Å². The van der Waals surface area contributed by atoms with Gasteiger partial charge in [0.2, 0.25) is 0 Å². The topological polar surface area (TPSA) is 804 Å². The molecule has 6 atom stereocenters. The summed E-state index contributed by atoms with van der Waals surface area (Å²) in [4.78, 5) is 242. The van der Waals surface area contributed by atoms with Crippen molar-refractivity contribution in [3.8, 4) is 0 Å². The van der Waals surface area contributed by atoms with E-state index in [-0.39, 0.29) is 192 Å². The minimum Gasteiger partial charge on any atom is -0.693 e. The summed E-state index contributed by atoms with van der Waals surface area (Å²) in [6, 6.07) is 0.427. The molecule has 5 heterocycles. The SMILES string of the molecule is CC(CCC(=O)O)=NCC(=O)CCCCCN1C(=O)C=CC1=O.CO.CO.CO.O=C(O)C(=O)O.O=C(O)C(=O)O.O=C(O)CCC(=O)OCCN1C(=O)C=CC1=O.O=C(O)CCC(=O)OCCN1C(=O)C=CC1=O.O=C(O)CCCCCN1C(=O)C=CC1=O.O=C(O)CCCCCN1C(=O)C=CC1=O.[CH2-][C@@H]1CCCC[C@H]1[NH-].[CH2-][C@@H]1CCCC[C@H]1[NH-].[CH2-][C@@H]1CCCC[C@H]1[NH-].[Cl][Pt+2][Cl].[Cl][Pt+2][Cl].[NH2-].[NH2-].[Pt+2].[Pt+2]. The quantitative estimate of drug-likeness (QED) is 0.00701. The number of rotatable bonds is 35. The number of halogens is 4. The zero-order valence-corrected chi connectivity index (χ0v) is 89.1. The fraction of sp³-hybridized carbons (Fsp3) is 0.571. The molecule has 0 bridgehead atoms. The number of ether oxygens (including phenoxy) is 2. The summed E-state index contributed by atoms with van der Waals surface area (Å²) in [7, 11) is 22.5. The Labute approximate surface area is 868 Å². The second-order valence-corrected chi connectivity index (χ2v) is 34.6. The van der Waals surface area contributed by atoms with Crippen LogP contribution in [0.15, 0.2) is 65.8 Å². The van der Waals surface area contributed by atoms with Gasteiger partial charge in [-0.3, -0.25) is 116 Å². The third-order valence-corrected chi connectivity index (χ3v) is 17.9. The van der Waals surface area contributed by atoms with Crippen LogP contribution in [0.2, 0.25) is 0 Å². The third-order valence-electron chi connectivity index (χ3n) is 17.9. The van der Waals surface area contributed by atoms with E-state index < -0.39 is 122 Å². The summed E-state index contributed by atoms with van der Waals surface area (Å²) in [5.41, 5.74) is 22.9. The number of amides is 10. The number of aliphatic imine (C=N–C) groups is 1. The molecule has 0 spiro atoms. The summed E-state index contributed by atoms with van der Waals surface area (Å²) in [6.07, 6.45) is 32.5. The van der Waals surface area contributed by atoms with Crippen molar-refractivity contribution < 1.29 is 251 Å². The second kappa shape index (κ2) is 99.6. The number of Topliss-reactive ketones (excluding diaryl/α,β-unsaturated/α-hetero) is 1. The Balaban J connectivity index is -0.000000146. The monoisotopic (exact) mass is 2790 g/mol. The number of aliphatic hydroxyl groups is 3. The van der Waals surface area contributed by atoms with Crippen LogP contribution in [0.1, 0.15) is 200 Å². The van der Waals surface area contributed by atoms with Crippen molar-refractivity contribution in [1.29, 1.82) is 0 Å². The average molecular weight is 2790 g/mol. The van der Waals surface area contributed by atoms with E-state index in [0.29, 0.717) is 107 Å². The first-order valence-corrected chi connectivity index (χ1v) is 52.6. The zero-order chi connectivity index (χ0) is 105. The number of ketones is 1. The Bertz CT molecular complexity index is 3540. The fourth-order valence-electron chi connectivity index (χ4n) is 10.8. The first-order chi connectivity index (χ1) is 63.6. The van der Waals surface area contributed by atoms with Gasteiger partial charge in [0.1, 0.15) is 13.2 Å². The molecule has 0 radical (unpaired) electrons. The number of carbonyl (C=O) groups excluding carboxylic acids is 13. The van der Waals surface area contributed by atoms with Gasteiger partial charge in [-0.15, -0.1) is 0 Å². The molecular weight excluding hydrogens is 2660 g/mol. The van der Waals surface area contributed by atoms with Gasteiger partial charge < -0.3 is 121 Å². The van der Waals surface area contributed by atoms with E-state index in [1.807, 2.05) is 0 Å². The Hall–Kier alpha value is -8.50. The summed E-state index contributed by atoms with van der Waals surface area (Å²) < 4.78 is 9.35. The van der Waals surface area contributed by atoms with Crippen LogP contribution in [0.3, 0.4) is 0 Å². The molecule has 0 saturated heterocycles. The van der Waals surface area contributed by atoms with Gasteiger partial charge in [0.15, 0.2) is 5.78 Å². The molecule has 804 valence electrons. The van der Waals surface area contributed by atoms with Gasteiger partial charge >= 0.3 is 178 Å². The number of hydrogen-bond donors (Lipinski definition) is 12. The minimum atomic E-state index is -1.82. The van der Waals surface area contributed by atoms with Gasteiger partial charge in [-0.1, -0.05) is 96.3 Å². The van der Waals surface area contributed by atoms with Crippen LogP contribution in [-0.2, 0) is 190 Å². The largest absolute Gasteiger partial charge is 2.00 e. The molecule has 0 aromatic carbocycles. The van der Waals surface area contributed by atoms with Gasteiger partial charge in [0.05, 0.1) is 51.7 Å². The van der Waals surface area contributed by atoms with Crippen molar-refractivity contribution in [1.82, 2.24) is 24.5 Å². The van der Waals surface area contributed by atoms with E-state index >= 15 is 0 Å². The van der Waals surface area contributed by atoms with Crippen molar-refractivity contribution in [2.45, 2.75) is 218 Å². The molecule has 10 amide bonds. The van der Waals surface area contributed by atoms with Gasteiger partial charge in [-0.25, -0.2) is 19.2 Å². The van der Waals surface area contributed by atoms with Gasteiger partial charge in [-0.2, -0.15) is 35.9 Å². The number of nitrogens with one attached hydrogen (secondary N) is 3. The number of carboxylic acids is 9. The Morgan fingerprint density at radius 1 is 0.331 bits per heavy atom. The normalized spacial score (nSPS) is 17.1. The van der Waals surface area contributed by atoms with Crippen molar-refractivity contribution in [3.05, 3.63) is 111 Å². The predicted octanol–water partition coefficient (Wildman–Crippen LogP) is 9.73. The molecule has 47 nitrogen and oxygen atoms in total. The number of hydrogen-bond acceptors (Lipinski definition) is 28. The Morgan fingerprint density at radius 2 is 0.525 bits per heavy atom. The van der Waals surface area contributed by atoms with E-state index in [1.165, 1.54) is 109 Å². The van der Waals surface area contributed by atoms with E-state index in [0.717, 1.165) is 81.1 Å². The molecule has 139 heavy (non-hydrogen) atoms. The minimum absolute atomic E-state index is 0. The molecule has 3 saturated carbocycles. The number of nitrogens with two attached hydrogens (primary N) is 2. The van der Waals surface area contributed by atoms with Crippen molar-refractivity contribution >= 4 is 174 Å². The smallest absolute Gasteiger partial charge is 0.693 e. The average Bonchev–Trinajstić information content (AvgIpc) is 1.76. The maximum atomic E-state index is 11.7. The van der Waals surface area contributed by atoms with Crippen molar-refractivity contribution in [2.75, 3.05) is 73.8 Å². The molecule has 5 aliphatic heterocycles. The third kappa shape index (κ3) is 89.3. The second-order valence-electron chi connectivity index (χ2n) is 28.0. The molecule has 3 aliphatic carbocycles. The maximum Gasteiger partial charge on any atom is 2.00 e. The molecular formula is C84H129Cl4N11O36Pt4. The number of aliphatic hydroxyl groups excluding tert-OH is 3. The summed E-state index contributed by atoms with van der Waals surface area (Å²) >= 11 is -0.944. The Morgan fingerprint density at radius 3 is 0.712 bits per heavy atom. The van der Waals surface area contributed by atoms with Crippen LogP contribution in [0.25, 0.3) is 29.5 Å². The summed E-state index contributed by atoms with van der Waals surface area (Å²) in [6.45, 7) is 14.3. The zero-order valence-electron chi connectivity index (χ0n) is 77.0. The maximum absolute atomic E-state index is 11.7. The molecule has 8 rings (SSSR count). The molecule has 8 aliphatic rings. The number of nitrogens with zero attached hydrogens (tertiary/aromatic N) is 6. The van der Waals surface area contributed by atoms with E-state index in [4.69, 9.17) is 135 Å². The molecule has 0 unspecified atom stereocenters.